The molecular formula is C14H10O7S2. The van der Waals surface area contributed by atoms with E-state index in [0.717, 1.165) is 0 Å². The van der Waals surface area contributed by atoms with Crippen molar-refractivity contribution in [1.82, 2.24) is 0 Å². The van der Waals surface area contributed by atoms with Crippen molar-refractivity contribution in [3.8, 4) is 0 Å². The van der Waals surface area contributed by atoms with Crippen LogP contribution in [0.1, 0.15) is 0 Å². The van der Waals surface area contributed by atoms with E-state index >= 15 is 0 Å². The predicted molar refractivity (Wildman–Crippen MR) is 79.7 cm³/mol. The molecule has 2 atom stereocenters. The van der Waals surface area contributed by atoms with Crippen molar-refractivity contribution in [2.45, 2.75) is 9.79 Å². The fourth-order valence-electron chi connectivity index (χ4n) is 1.39. The summed E-state index contributed by atoms with van der Waals surface area (Å²) in [5, 5.41) is 0. The molecule has 0 fully saturated rings. The zero-order valence-corrected chi connectivity index (χ0v) is 13.1. The first-order valence-electron chi connectivity index (χ1n) is 6.12. The molecule has 2 unspecified atom stereocenters. The van der Waals surface area contributed by atoms with Crippen LogP contribution in [-0.4, -0.2) is 20.7 Å². The average molecular weight is 354 g/mol. The van der Waals surface area contributed by atoms with Gasteiger partial charge in [0.25, 0.3) is 0 Å². The summed E-state index contributed by atoms with van der Waals surface area (Å²) < 4.78 is 36.2. The van der Waals surface area contributed by atoms with Crippen LogP contribution in [0.2, 0.25) is 0 Å². The van der Waals surface area contributed by atoms with E-state index in [4.69, 9.17) is 0 Å². The standard InChI is InChI=1S/C14H10O7S2/c15-13(20-22(17)11-7-3-1-4-8-11)19-14(16)21-23(18)12-9-5-2-6-10-12/h1-10H. The van der Waals surface area contributed by atoms with Gasteiger partial charge in [0.15, 0.2) is 0 Å². The van der Waals surface area contributed by atoms with Crippen LogP contribution in [0, 0.1) is 0 Å². The summed E-state index contributed by atoms with van der Waals surface area (Å²) in [5.74, 6) is 0. The lowest BCUT2D eigenvalue weighted by Gasteiger charge is -2.04. The summed E-state index contributed by atoms with van der Waals surface area (Å²) in [6.45, 7) is 0. The highest BCUT2D eigenvalue weighted by Gasteiger charge is 2.20. The lowest BCUT2D eigenvalue weighted by molar-refractivity contribution is 0.0957. The summed E-state index contributed by atoms with van der Waals surface area (Å²) in [5.41, 5.74) is 0. The van der Waals surface area contributed by atoms with E-state index in [1.807, 2.05) is 0 Å². The van der Waals surface area contributed by atoms with E-state index in [9.17, 15) is 18.0 Å². The van der Waals surface area contributed by atoms with Crippen molar-refractivity contribution in [3.63, 3.8) is 0 Å². The number of benzene rings is 2. The van der Waals surface area contributed by atoms with Gasteiger partial charge in [-0.1, -0.05) is 36.4 Å². The Hall–Kier alpha value is -2.52. The number of rotatable bonds is 4. The van der Waals surface area contributed by atoms with Crippen LogP contribution < -0.4 is 0 Å². The van der Waals surface area contributed by atoms with Gasteiger partial charge in [-0.3, -0.25) is 0 Å². The highest BCUT2D eigenvalue weighted by atomic mass is 32.2. The minimum absolute atomic E-state index is 0.214. The molecule has 0 saturated carbocycles. The Kier molecular flexibility index (Phi) is 6.01. The van der Waals surface area contributed by atoms with Crippen LogP contribution in [0.15, 0.2) is 70.5 Å². The molecule has 0 radical (unpaired) electrons. The number of hydrogen-bond donors (Lipinski definition) is 0. The Labute approximate surface area is 136 Å². The molecule has 0 spiro atoms. The van der Waals surface area contributed by atoms with E-state index in [1.54, 1.807) is 36.4 Å². The van der Waals surface area contributed by atoms with Crippen LogP contribution in [0.25, 0.3) is 0 Å². The Morgan fingerprint density at radius 2 is 1.00 bits per heavy atom. The fourth-order valence-corrected chi connectivity index (χ4v) is 2.65. The predicted octanol–water partition coefficient (Wildman–Crippen LogP) is 2.72. The van der Waals surface area contributed by atoms with Gasteiger partial charge >= 0.3 is 12.3 Å². The van der Waals surface area contributed by atoms with Crippen LogP contribution in [0.3, 0.4) is 0 Å². The second-order valence-corrected chi connectivity index (χ2v) is 6.08. The minimum atomic E-state index is -2.14. The van der Waals surface area contributed by atoms with Crippen molar-refractivity contribution in [3.05, 3.63) is 60.7 Å². The first-order chi connectivity index (χ1) is 11.1. The Bertz CT molecular complexity index is 668. The van der Waals surface area contributed by atoms with E-state index < -0.39 is 34.5 Å². The van der Waals surface area contributed by atoms with Gasteiger partial charge in [0.05, 0.1) is 9.79 Å². The van der Waals surface area contributed by atoms with Gasteiger partial charge in [-0.15, -0.1) is 0 Å². The van der Waals surface area contributed by atoms with Crippen molar-refractivity contribution in [2.75, 3.05) is 0 Å². The van der Waals surface area contributed by atoms with Crippen LogP contribution in [-0.2, 0) is 35.3 Å². The largest absolute Gasteiger partial charge is 0.533 e. The summed E-state index contributed by atoms with van der Waals surface area (Å²) in [6, 6.07) is 15.6. The number of hydrogen-bond acceptors (Lipinski definition) is 7. The maximum Gasteiger partial charge on any atom is 0.533 e. The highest BCUT2D eigenvalue weighted by molar-refractivity contribution is 7.81. The molecule has 0 aliphatic heterocycles. The van der Waals surface area contributed by atoms with E-state index in [1.165, 1.54) is 24.3 Å². The van der Waals surface area contributed by atoms with Crippen molar-refractivity contribution in [1.29, 1.82) is 0 Å². The lowest BCUT2D eigenvalue weighted by atomic mass is 10.4. The molecule has 2 rings (SSSR count). The lowest BCUT2D eigenvalue weighted by Crippen LogP contribution is -2.17. The zero-order valence-electron chi connectivity index (χ0n) is 11.4. The second kappa shape index (κ2) is 8.20. The number of carbonyl (C=O) groups is 2. The molecule has 120 valence electrons. The maximum absolute atomic E-state index is 11.7. The summed E-state index contributed by atoms with van der Waals surface area (Å²) >= 11 is -4.27. The molecule has 7 nitrogen and oxygen atoms in total. The van der Waals surface area contributed by atoms with Crippen LogP contribution in [0.4, 0.5) is 9.59 Å². The van der Waals surface area contributed by atoms with Gasteiger partial charge in [-0.25, -0.2) is 18.0 Å². The minimum Gasteiger partial charge on any atom is -0.327 e. The number of ether oxygens (including phenoxy) is 1. The molecule has 0 saturated heterocycles. The smallest absolute Gasteiger partial charge is 0.327 e. The molecule has 9 heteroatoms. The third kappa shape index (κ3) is 5.31. The quantitative estimate of drug-likeness (QED) is 0.615. The van der Waals surface area contributed by atoms with Gasteiger partial charge in [-0.2, -0.15) is 0 Å². The SMILES string of the molecule is O=C(OC(=O)OS(=O)c1ccccc1)OS(=O)c1ccccc1. The fraction of sp³-hybridized carbons (Fsp3) is 0. The molecule has 0 heterocycles. The van der Waals surface area contributed by atoms with E-state index in [-0.39, 0.29) is 9.79 Å². The summed E-state index contributed by atoms with van der Waals surface area (Å²) in [6.07, 6.45) is -3.05. The molecule has 0 amide bonds. The van der Waals surface area contributed by atoms with Gasteiger partial charge in [0, 0.05) is 0 Å². The maximum atomic E-state index is 11.7. The third-order valence-electron chi connectivity index (χ3n) is 2.33. The Morgan fingerprint density at radius 1 is 0.652 bits per heavy atom. The first kappa shape index (κ1) is 16.8. The second-order valence-electron chi connectivity index (χ2n) is 3.86. The van der Waals surface area contributed by atoms with Crippen LogP contribution in [0.5, 0.6) is 0 Å². The molecule has 0 aliphatic rings. The monoisotopic (exact) mass is 354 g/mol. The highest BCUT2D eigenvalue weighted by Crippen LogP contribution is 2.10. The van der Waals surface area contributed by atoms with Crippen LogP contribution >= 0.6 is 0 Å². The zero-order chi connectivity index (χ0) is 16.7. The Morgan fingerprint density at radius 3 is 1.35 bits per heavy atom. The first-order valence-corrected chi connectivity index (χ1v) is 8.27. The third-order valence-corrected chi connectivity index (χ3v) is 4.21. The molecule has 0 aromatic heterocycles. The summed E-state index contributed by atoms with van der Waals surface area (Å²) in [7, 11) is 0. The van der Waals surface area contributed by atoms with E-state index in [0.29, 0.717) is 0 Å². The van der Waals surface area contributed by atoms with E-state index in [2.05, 4.69) is 13.1 Å². The van der Waals surface area contributed by atoms with Crippen molar-refractivity contribution < 1.29 is 31.1 Å². The van der Waals surface area contributed by atoms with Gasteiger partial charge in [0.2, 0.25) is 22.2 Å². The van der Waals surface area contributed by atoms with Crippen molar-refractivity contribution in [2.24, 2.45) is 0 Å². The normalized spacial score (nSPS) is 12.7. The molecule has 2 aromatic rings. The summed E-state index contributed by atoms with van der Waals surface area (Å²) in [4.78, 5) is 23.1. The number of carbonyl (C=O) groups excluding carboxylic acids is 2. The van der Waals surface area contributed by atoms with Crippen molar-refractivity contribution >= 4 is 34.5 Å². The topological polar surface area (TPSA) is 96.0 Å². The molecule has 0 N–H and O–H groups in total. The molecule has 0 aliphatic carbocycles. The van der Waals surface area contributed by atoms with Gasteiger partial charge < -0.3 is 13.1 Å². The van der Waals surface area contributed by atoms with Gasteiger partial charge in [-0.05, 0) is 24.3 Å². The van der Waals surface area contributed by atoms with Gasteiger partial charge in [0.1, 0.15) is 0 Å². The average Bonchev–Trinajstić information content (AvgIpc) is 2.56. The molecule has 2 aromatic carbocycles. The molecule has 23 heavy (non-hydrogen) atoms. The molecule has 0 bridgehead atoms. The Balaban J connectivity index is 1.84. The molecular weight excluding hydrogens is 344 g/mol.